The minimum absolute atomic E-state index is 0.00313. The number of esters is 1. The first-order valence-corrected chi connectivity index (χ1v) is 14.8. The zero-order chi connectivity index (χ0) is 30.2. The fraction of sp³-hybridized carbons (Fsp3) is 0.710. The van der Waals surface area contributed by atoms with Crippen LogP contribution in [0.2, 0.25) is 0 Å². The van der Waals surface area contributed by atoms with Crippen molar-refractivity contribution < 1.29 is 38.4 Å². The molecule has 0 aromatic carbocycles. The van der Waals surface area contributed by atoms with E-state index in [1.54, 1.807) is 6.92 Å². The largest absolute Gasteiger partial charge is 0.456 e. The van der Waals surface area contributed by atoms with Gasteiger partial charge in [0.25, 0.3) is 0 Å². The number of carbonyl (C=O) groups excluding carboxylic acids is 3. The van der Waals surface area contributed by atoms with Crippen LogP contribution in [0.3, 0.4) is 0 Å². The first-order valence-electron chi connectivity index (χ1n) is 14.8. The summed E-state index contributed by atoms with van der Waals surface area (Å²) < 4.78 is 24.0. The van der Waals surface area contributed by atoms with E-state index >= 15 is 0 Å². The molecule has 0 saturated carbocycles. The van der Waals surface area contributed by atoms with E-state index in [4.69, 9.17) is 18.9 Å². The molecule has 1 spiro atoms. The van der Waals surface area contributed by atoms with Gasteiger partial charge in [0, 0.05) is 26.0 Å². The molecule has 0 aliphatic carbocycles. The van der Waals surface area contributed by atoms with Crippen LogP contribution in [0.25, 0.3) is 0 Å². The van der Waals surface area contributed by atoms with E-state index in [2.05, 4.69) is 23.6 Å². The van der Waals surface area contributed by atoms with Gasteiger partial charge < -0.3 is 34.7 Å². The molecule has 1 unspecified atom stereocenters. The highest BCUT2D eigenvalue weighted by Gasteiger charge is 2.60. The predicted octanol–water partition coefficient (Wildman–Crippen LogP) is 2.89. The van der Waals surface area contributed by atoms with Crippen molar-refractivity contribution in [2.24, 2.45) is 5.92 Å². The summed E-state index contributed by atoms with van der Waals surface area (Å²) in [6.45, 7) is 12.1. The van der Waals surface area contributed by atoms with Crippen LogP contribution in [0.5, 0.6) is 0 Å². The number of carbonyl (C=O) groups is 3. The predicted molar refractivity (Wildman–Crippen MR) is 154 cm³/mol. The molecule has 0 radical (unpaired) electrons. The number of amides is 2. The maximum absolute atomic E-state index is 12.4. The van der Waals surface area contributed by atoms with Gasteiger partial charge in [-0.05, 0) is 46.0 Å². The van der Waals surface area contributed by atoms with Crippen molar-refractivity contribution in [2.45, 2.75) is 122 Å². The molecule has 3 rings (SSSR count). The second-order valence-corrected chi connectivity index (χ2v) is 11.7. The Morgan fingerprint density at radius 3 is 2.54 bits per heavy atom. The summed E-state index contributed by atoms with van der Waals surface area (Å²) in [6, 6.07) is -0.104. The van der Waals surface area contributed by atoms with E-state index in [0.717, 1.165) is 18.4 Å². The van der Waals surface area contributed by atoms with Gasteiger partial charge in [0.1, 0.15) is 11.7 Å². The Morgan fingerprint density at radius 2 is 1.90 bits per heavy atom. The Hall–Kier alpha value is -2.53. The van der Waals surface area contributed by atoms with Crippen LogP contribution < -0.4 is 10.6 Å². The molecule has 3 heterocycles. The fourth-order valence-corrected chi connectivity index (χ4v) is 5.47. The Balaban J connectivity index is 1.60. The summed E-state index contributed by atoms with van der Waals surface area (Å²) in [5.41, 5.74) is 0.386. The molecule has 10 heteroatoms. The van der Waals surface area contributed by atoms with Crippen molar-refractivity contribution in [3.63, 3.8) is 0 Å². The van der Waals surface area contributed by atoms with Crippen LogP contribution in [0.4, 0.5) is 0 Å². The molecular weight excluding hydrogens is 528 g/mol. The van der Waals surface area contributed by atoms with Gasteiger partial charge in [0.05, 0.1) is 43.5 Å². The molecule has 3 aliphatic rings. The lowest BCUT2D eigenvalue weighted by Gasteiger charge is -2.39. The van der Waals surface area contributed by atoms with E-state index in [0.29, 0.717) is 26.0 Å². The van der Waals surface area contributed by atoms with Crippen LogP contribution in [-0.2, 0) is 33.3 Å². The molecular formula is C31H48N2O8. The highest BCUT2D eigenvalue weighted by molar-refractivity contribution is 5.87. The Morgan fingerprint density at radius 1 is 1.17 bits per heavy atom. The Bertz CT molecular complexity index is 1000. The van der Waals surface area contributed by atoms with E-state index in [9.17, 15) is 19.5 Å². The third-order valence-corrected chi connectivity index (χ3v) is 7.82. The number of aliphatic hydroxyl groups is 1. The molecule has 0 bridgehead atoms. The second-order valence-electron chi connectivity index (χ2n) is 11.7. The number of hydrogen-bond donors (Lipinski definition) is 3. The number of allylic oxidation sites excluding steroid dienone is 2. The molecule has 0 aromatic rings. The topological polar surface area (TPSA) is 136 Å². The SMILES string of the molecule is CCCNC(=O)C[C@@H]1C[C@@]2(CO2)[C@H](OC(C)=O)[C@@H](/C=C/C(C)=C/C[C@@H]2O[C@H](C)[C@H](NC(=O)/C=C\C(C)O)C[C@@H]2C)O1. The lowest BCUT2D eigenvalue weighted by Crippen LogP contribution is -2.52. The van der Waals surface area contributed by atoms with Gasteiger partial charge in [-0.1, -0.05) is 43.7 Å². The molecule has 230 valence electrons. The van der Waals surface area contributed by atoms with Crippen LogP contribution in [-0.4, -0.2) is 84.3 Å². The second kappa shape index (κ2) is 15.1. The smallest absolute Gasteiger partial charge is 0.303 e. The van der Waals surface area contributed by atoms with Crippen LogP contribution in [0.15, 0.2) is 36.0 Å². The molecule has 3 fully saturated rings. The van der Waals surface area contributed by atoms with Crippen LogP contribution in [0.1, 0.15) is 73.6 Å². The first kappa shape index (κ1) is 33.0. The number of epoxide rings is 1. The normalized spacial score (nSPS) is 34.5. The van der Waals surface area contributed by atoms with Gasteiger partial charge in [-0.25, -0.2) is 0 Å². The van der Waals surface area contributed by atoms with Crippen molar-refractivity contribution >= 4 is 17.8 Å². The van der Waals surface area contributed by atoms with E-state index in [1.807, 2.05) is 32.9 Å². The standard InChI is InChI=1S/C31H48N2O8/c1-7-14-32-29(37)16-24-17-31(18-38-31)30(40-23(6)35)27(41-24)12-9-19(2)8-11-26-20(3)15-25(22(5)39-26)33-28(36)13-10-21(4)34/h8-10,12-13,20-22,24-27,30,34H,7,11,14-18H2,1-6H3,(H,32,37)(H,33,36)/b12-9+,13-10-,19-8+/t20-,21?,22+,24+,25+,26-,27+,30+,31+/m0/s1. The minimum atomic E-state index is -0.674. The van der Waals surface area contributed by atoms with Crippen molar-refractivity contribution in [1.82, 2.24) is 10.6 Å². The lowest BCUT2D eigenvalue weighted by atomic mass is 9.87. The molecule has 41 heavy (non-hydrogen) atoms. The highest BCUT2D eigenvalue weighted by Crippen LogP contribution is 2.45. The van der Waals surface area contributed by atoms with Gasteiger partial charge in [-0.2, -0.15) is 0 Å². The lowest BCUT2D eigenvalue weighted by molar-refractivity contribution is -0.179. The van der Waals surface area contributed by atoms with Crippen LogP contribution in [0, 0.1) is 5.92 Å². The van der Waals surface area contributed by atoms with Gasteiger partial charge >= 0.3 is 5.97 Å². The number of aliphatic hydroxyl groups excluding tert-OH is 1. The third kappa shape index (κ3) is 10.1. The zero-order valence-corrected chi connectivity index (χ0v) is 25.3. The number of rotatable bonds is 12. The molecule has 3 aliphatic heterocycles. The highest BCUT2D eigenvalue weighted by atomic mass is 16.7. The van der Waals surface area contributed by atoms with E-state index in [1.165, 1.54) is 19.1 Å². The van der Waals surface area contributed by atoms with E-state index < -0.39 is 29.9 Å². The van der Waals surface area contributed by atoms with Gasteiger partial charge in [0.15, 0.2) is 6.10 Å². The molecule has 3 saturated heterocycles. The minimum Gasteiger partial charge on any atom is -0.456 e. The fourth-order valence-electron chi connectivity index (χ4n) is 5.47. The summed E-state index contributed by atoms with van der Waals surface area (Å²) in [5, 5.41) is 15.2. The molecule has 10 nitrogen and oxygen atoms in total. The van der Waals surface area contributed by atoms with Crippen molar-refractivity contribution in [1.29, 1.82) is 0 Å². The summed E-state index contributed by atoms with van der Waals surface area (Å²) >= 11 is 0. The molecule has 3 N–H and O–H groups in total. The van der Waals surface area contributed by atoms with Gasteiger partial charge in [0.2, 0.25) is 11.8 Å². The number of ether oxygens (including phenoxy) is 4. The van der Waals surface area contributed by atoms with E-state index in [-0.39, 0.29) is 48.5 Å². The van der Waals surface area contributed by atoms with Gasteiger partial charge in [-0.3, -0.25) is 14.4 Å². The van der Waals surface area contributed by atoms with Gasteiger partial charge in [-0.15, -0.1) is 0 Å². The van der Waals surface area contributed by atoms with Crippen molar-refractivity contribution in [2.75, 3.05) is 13.2 Å². The summed E-state index contributed by atoms with van der Waals surface area (Å²) in [5.74, 6) is -0.473. The summed E-state index contributed by atoms with van der Waals surface area (Å²) in [4.78, 5) is 36.4. The first-order chi connectivity index (χ1) is 19.4. The van der Waals surface area contributed by atoms with Crippen molar-refractivity contribution in [3.05, 3.63) is 36.0 Å². The maximum Gasteiger partial charge on any atom is 0.303 e. The zero-order valence-electron chi connectivity index (χ0n) is 25.3. The van der Waals surface area contributed by atoms with Crippen molar-refractivity contribution in [3.8, 4) is 0 Å². The number of nitrogens with one attached hydrogen (secondary N) is 2. The van der Waals surface area contributed by atoms with Crippen LogP contribution >= 0.6 is 0 Å². The molecule has 9 atom stereocenters. The summed E-state index contributed by atoms with van der Waals surface area (Å²) in [7, 11) is 0. The Labute approximate surface area is 243 Å². The average Bonchev–Trinajstić information content (AvgIpc) is 3.67. The molecule has 0 aromatic heterocycles. The monoisotopic (exact) mass is 576 g/mol. The number of hydrogen-bond acceptors (Lipinski definition) is 8. The third-order valence-electron chi connectivity index (χ3n) is 7.82. The quantitative estimate of drug-likeness (QED) is 0.140. The summed E-state index contributed by atoms with van der Waals surface area (Å²) in [6.07, 6.45) is 9.55. The Kier molecular flexibility index (Phi) is 12.1. The average molecular weight is 577 g/mol. The molecule has 2 amide bonds. The maximum atomic E-state index is 12.4.